The molecule has 3 nitrogen and oxygen atoms in total. The van der Waals surface area contributed by atoms with E-state index in [0.717, 1.165) is 13.0 Å². The number of piperidine rings is 1. The van der Waals surface area contributed by atoms with Gasteiger partial charge in [0.2, 0.25) is 0 Å². The fraction of sp³-hybridized carbons (Fsp3) is 0.533. The lowest BCUT2D eigenvalue weighted by Crippen LogP contribution is -2.46. The van der Waals surface area contributed by atoms with Gasteiger partial charge in [-0.05, 0) is 37.3 Å². The molecule has 0 amide bonds. The lowest BCUT2D eigenvalue weighted by atomic mass is 9.85. The van der Waals surface area contributed by atoms with Gasteiger partial charge in [-0.15, -0.1) is 0 Å². The largest absolute Gasteiger partial charge is 0.478 e. The van der Waals surface area contributed by atoms with Crippen LogP contribution in [0.4, 0.5) is 10.1 Å². The second-order valence-corrected chi connectivity index (χ2v) is 5.65. The van der Waals surface area contributed by atoms with Crippen LogP contribution in [0, 0.1) is 17.7 Å². The van der Waals surface area contributed by atoms with Crippen molar-refractivity contribution < 1.29 is 14.3 Å². The summed E-state index contributed by atoms with van der Waals surface area (Å²) in [5.41, 5.74) is 0.286. The van der Waals surface area contributed by atoms with Crippen molar-refractivity contribution in [2.24, 2.45) is 11.8 Å². The van der Waals surface area contributed by atoms with Crippen LogP contribution in [0.15, 0.2) is 18.2 Å². The van der Waals surface area contributed by atoms with Crippen LogP contribution in [-0.4, -0.2) is 23.7 Å². The van der Waals surface area contributed by atoms with Crippen LogP contribution in [0.5, 0.6) is 0 Å². The van der Waals surface area contributed by atoms with Gasteiger partial charge in [-0.2, -0.15) is 0 Å². The number of carboxylic acids is 1. The van der Waals surface area contributed by atoms with Crippen molar-refractivity contribution in [3.8, 4) is 0 Å². The van der Waals surface area contributed by atoms with Crippen molar-refractivity contribution in [2.75, 3.05) is 11.4 Å². The minimum Gasteiger partial charge on any atom is -0.478 e. The Bertz CT molecular complexity index is 489. The van der Waals surface area contributed by atoms with Gasteiger partial charge in [0.05, 0.1) is 5.69 Å². The van der Waals surface area contributed by atoms with Gasteiger partial charge < -0.3 is 10.0 Å². The van der Waals surface area contributed by atoms with Crippen LogP contribution in [0.2, 0.25) is 0 Å². The Balaban J connectivity index is 2.46. The smallest absolute Gasteiger partial charge is 0.340 e. The van der Waals surface area contributed by atoms with E-state index in [9.17, 15) is 14.3 Å². The molecule has 0 spiro atoms. The number of benzene rings is 1. The topological polar surface area (TPSA) is 40.5 Å². The number of aromatic carboxylic acids is 1. The quantitative estimate of drug-likeness (QED) is 0.891. The Morgan fingerprint density at radius 2 is 2.05 bits per heavy atom. The van der Waals surface area contributed by atoms with Gasteiger partial charge in [0.1, 0.15) is 11.4 Å². The number of halogens is 1. The summed E-state index contributed by atoms with van der Waals surface area (Å²) in [6.45, 7) is 7.16. The van der Waals surface area contributed by atoms with Crippen LogP contribution in [0.3, 0.4) is 0 Å². The summed E-state index contributed by atoms with van der Waals surface area (Å²) in [6.07, 6.45) is 1.12. The summed E-state index contributed by atoms with van der Waals surface area (Å²) >= 11 is 0. The normalized spacial score (nSPS) is 27.4. The molecular formula is C15H20FNO2. The number of anilines is 1. The van der Waals surface area contributed by atoms with E-state index in [1.165, 1.54) is 6.07 Å². The molecule has 0 radical (unpaired) electrons. The van der Waals surface area contributed by atoms with Crippen molar-refractivity contribution in [3.05, 3.63) is 29.6 Å². The van der Waals surface area contributed by atoms with Gasteiger partial charge in [0.25, 0.3) is 0 Å². The maximum absolute atomic E-state index is 13.8. The van der Waals surface area contributed by atoms with Crippen molar-refractivity contribution in [1.82, 2.24) is 0 Å². The Morgan fingerprint density at radius 1 is 1.37 bits per heavy atom. The highest BCUT2D eigenvalue weighted by atomic mass is 19.1. The number of carboxylic acid groups (broad SMARTS) is 1. The molecule has 104 valence electrons. The molecular weight excluding hydrogens is 245 g/mol. The van der Waals surface area contributed by atoms with E-state index >= 15 is 0 Å². The third-order valence-corrected chi connectivity index (χ3v) is 4.11. The van der Waals surface area contributed by atoms with Crippen LogP contribution in [-0.2, 0) is 0 Å². The molecule has 2 rings (SSSR count). The van der Waals surface area contributed by atoms with E-state index in [0.29, 0.717) is 17.5 Å². The lowest BCUT2D eigenvalue weighted by Gasteiger charge is -2.43. The van der Waals surface area contributed by atoms with E-state index in [1.54, 1.807) is 12.1 Å². The SMILES string of the molecule is CC1CC(C)C(C)N(c2cccc(F)c2C(=O)O)C1. The number of carbonyl (C=O) groups is 1. The van der Waals surface area contributed by atoms with Crippen LogP contribution < -0.4 is 4.90 Å². The molecule has 1 N–H and O–H groups in total. The zero-order valence-electron chi connectivity index (χ0n) is 11.6. The predicted octanol–water partition coefficient (Wildman–Crippen LogP) is 3.39. The van der Waals surface area contributed by atoms with Gasteiger partial charge in [-0.3, -0.25) is 0 Å². The lowest BCUT2D eigenvalue weighted by molar-refractivity contribution is 0.0692. The molecule has 1 aromatic rings. The molecule has 0 bridgehead atoms. The number of hydrogen-bond donors (Lipinski definition) is 1. The molecule has 4 heteroatoms. The molecule has 1 aliphatic rings. The molecule has 1 aromatic carbocycles. The molecule has 0 aliphatic carbocycles. The van der Waals surface area contributed by atoms with Gasteiger partial charge in [-0.25, -0.2) is 9.18 Å². The highest BCUT2D eigenvalue weighted by Gasteiger charge is 2.31. The summed E-state index contributed by atoms with van der Waals surface area (Å²) in [4.78, 5) is 13.3. The summed E-state index contributed by atoms with van der Waals surface area (Å²) in [5, 5.41) is 9.23. The van der Waals surface area contributed by atoms with Crippen molar-refractivity contribution in [1.29, 1.82) is 0 Å². The fourth-order valence-electron chi connectivity index (χ4n) is 3.00. The second-order valence-electron chi connectivity index (χ2n) is 5.65. The first-order valence-corrected chi connectivity index (χ1v) is 6.70. The second kappa shape index (κ2) is 5.19. The number of hydrogen-bond acceptors (Lipinski definition) is 2. The highest BCUT2D eigenvalue weighted by molar-refractivity contribution is 5.94. The van der Waals surface area contributed by atoms with Gasteiger partial charge >= 0.3 is 5.97 Å². The van der Waals surface area contributed by atoms with Crippen molar-refractivity contribution in [2.45, 2.75) is 33.2 Å². The fourth-order valence-corrected chi connectivity index (χ4v) is 3.00. The van der Waals surface area contributed by atoms with Crippen LogP contribution in [0.25, 0.3) is 0 Å². The van der Waals surface area contributed by atoms with Crippen molar-refractivity contribution in [3.63, 3.8) is 0 Å². The van der Waals surface area contributed by atoms with E-state index in [4.69, 9.17) is 0 Å². The zero-order chi connectivity index (χ0) is 14.2. The Morgan fingerprint density at radius 3 is 2.68 bits per heavy atom. The molecule has 3 atom stereocenters. The van der Waals surface area contributed by atoms with E-state index in [2.05, 4.69) is 20.8 Å². The Labute approximate surface area is 113 Å². The maximum atomic E-state index is 13.8. The molecule has 19 heavy (non-hydrogen) atoms. The third-order valence-electron chi connectivity index (χ3n) is 4.11. The first-order chi connectivity index (χ1) is 8.91. The minimum absolute atomic E-state index is 0.212. The average molecular weight is 265 g/mol. The van der Waals surface area contributed by atoms with Crippen LogP contribution >= 0.6 is 0 Å². The van der Waals surface area contributed by atoms with E-state index in [1.807, 2.05) is 4.90 Å². The Kier molecular flexibility index (Phi) is 3.78. The van der Waals surface area contributed by atoms with Gasteiger partial charge in [0, 0.05) is 12.6 Å². The minimum atomic E-state index is -1.20. The highest BCUT2D eigenvalue weighted by Crippen LogP contribution is 2.33. The number of rotatable bonds is 2. The van der Waals surface area contributed by atoms with Gasteiger partial charge in [-0.1, -0.05) is 19.9 Å². The summed E-state index contributed by atoms with van der Waals surface area (Å²) in [6, 6.07) is 4.70. The molecule has 1 aliphatic heterocycles. The first kappa shape index (κ1) is 13.8. The summed E-state index contributed by atoms with van der Waals surface area (Å²) < 4.78 is 13.8. The van der Waals surface area contributed by atoms with E-state index < -0.39 is 11.8 Å². The zero-order valence-corrected chi connectivity index (χ0v) is 11.6. The standard InChI is InChI=1S/C15H20FNO2/c1-9-7-10(2)11(3)17(8-9)13-6-4-5-12(16)14(13)15(18)19/h4-6,9-11H,7-8H2,1-3H3,(H,18,19). The molecule has 3 unspecified atom stereocenters. The summed E-state index contributed by atoms with van der Waals surface area (Å²) in [7, 11) is 0. The monoisotopic (exact) mass is 265 g/mol. The van der Waals surface area contributed by atoms with E-state index in [-0.39, 0.29) is 11.6 Å². The third kappa shape index (κ3) is 2.57. The number of nitrogens with zero attached hydrogens (tertiary/aromatic N) is 1. The molecule has 1 saturated heterocycles. The maximum Gasteiger partial charge on any atom is 0.340 e. The van der Waals surface area contributed by atoms with Gasteiger partial charge in [0.15, 0.2) is 0 Å². The molecule has 1 fully saturated rings. The Hall–Kier alpha value is -1.58. The first-order valence-electron chi connectivity index (χ1n) is 6.70. The van der Waals surface area contributed by atoms with Crippen LogP contribution in [0.1, 0.15) is 37.6 Å². The average Bonchev–Trinajstić information content (AvgIpc) is 2.33. The molecule has 0 aromatic heterocycles. The summed E-state index contributed by atoms with van der Waals surface area (Å²) in [5.74, 6) is -0.918. The van der Waals surface area contributed by atoms with Crippen molar-refractivity contribution >= 4 is 11.7 Å². The molecule has 0 saturated carbocycles. The molecule has 1 heterocycles. The predicted molar refractivity (Wildman–Crippen MR) is 73.1 cm³/mol.